The second-order valence-electron chi connectivity index (χ2n) is 10.4. The summed E-state index contributed by atoms with van der Waals surface area (Å²) < 4.78 is 5.44. The molecular weight excluding hydrogens is 470 g/mol. The van der Waals surface area contributed by atoms with Gasteiger partial charge in [0, 0.05) is 31.4 Å². The van der Waals surface area contributed by atoms with E-state index in [1.54, 1.807) is 30.3 Å². The fourth-order valence-corrected chi connectivity index (χ4v) is 5.20. The van der Waals surface area contributed by atoms with E-state index in [0.717, 1.165) is 16.7 Å². The van der Waals surface area contributed by atoms with E-state index in [1.807, 2.05) is 57.2 Å². The third-order valence-electron chi connectivity index (χ3n) is 7.25. The number of rotatable bonds is 6. The molecule has 37 heavy (non-hydrogen) atoms. The van der Waals surface area contributed by atoms with Gasteiger partial charge < -0.3 is 19.8 Å². The van der Waals surface area contributed by atoms with Crippen LogP contribution < -0.4 is 5.32 Å². The second-order valence-corrected chi connectivity index (χ2v) is 10.4. The third-order valence-corrected chi connectivity index (χ3v) is 7.25. The zero-order valence-corrected chi connectivity index (χ0v) is 21.4. The largest absolute Gasteiger partial charge is 0.391 e. The molecule has 192 valence electrons. The zero-order valence-electron chi connectivity index (χ0n) is 21.4. The van der Waals surface area contributed by atoms with Crippen LogP contribution in [0.4, 0.5) is 0 Å². The number of nitrogens with zero attached hydrogens (tertiary/aromatic N) is 4. The maximum Gasteiger partial charge on any atom is 0.277 e. The van der Waals surface area contributed by atoms with Crippen LogP contribution in [-0.4, -0.2) is 56.5 Å². The van der Waals surface area contributed by atoms with Crippen LogP contribution in [-0.2, 0) is 15.1 Å². The van der Waals surface area contributed by atoms with Crippen molar-refractivity contribution in [2.75, 3.05) is 6.54 Å². The van der Waals surface area contributed by atoms with E-state index in [4.69, 9.17) is 4.52 Å². The van der Waals surface area contributed by atoms with Gasteiger partial charge >= 0.3 is 0 Å². The summed E-state index contributed by atoms with van der Waals surface area (Å²) >= 11 is 0. The highest BCUT2D eigenvalue weighted by molar-refractivity contribution is 6.09. The molecule has 2 aliphatic heterocycles. The maximum absolute atomic E-state index is 13.7. The van der Waals surface area contributed by atoms with Crippen molar-refractivity contribution >= 4 is 17.6 Å². The van der Waals surface area contributed by atoms with Crippen LogP contribution in [0.15, 0.2) is 64.4 Å². The second kappa shape index (κ2) is 9.55. The Bertz CT molecular complexity index is 1330. The summed E-state index contributed by atoms with van der Waals surface area (Å²) in [4.78, 5) is 37.1. The lowest BCUT2D eigenvalue weighted by molar-refractivity contribution is -0.134. The van der Waals surface area contributed by atoms with Gasteiger partial charge in [-0.3, -0.25) is 14.6 Å². The van der Waals surface area contributed by atoms with Crippen LogP contribution in [0.3, 0.4) is 0 Å². The van der Waals surface area contributed by atoms with Crippen molar-refractivity contribution in [1.29, 1.82) is 0 Å². The highest BCUT2D eigenvalue weighted by Crippen LogP contribution is 2.34. The smallest absolute Gasteiger partial charge is 0.277 e. The normalized spacial score (nSPS) is 24.3. The molecule has 1 aromatic carbocycles. The standard InChI is InChI=1S/C28H31N5O4/c1-16(2)24(23-12-17(3)32-37-23)26(35)33-15-21(34)13-22(33)25-30-27(36)28(4,31-25)20-9-7-18(8-10-20)19-6-5-11-29-14-19/h5-12,14,16,21-22,24,34H,13,15H2,1-4H3,(H,30,31,36)/t21-,22+,24?,28?/m1/s1. The molecule has 0 aliphatic carbocycles. The highest BCUT2D eigenvalue weighted by atomic mass is 16.5. The van der Waals surface area contributed by atoms with Crippen LogP contribution in [0.1, 0.15) is 50.1 Å². The van der Waals surface area contributed by atoms with Gasteiger partial charge in [-0.25, -0.2) is 0 Å². The number of amides is 2. The van der Waals surface area contributed by atoms with E-state index in [0.29, 0.717) is 23.7 Å². The Morgan fingerprint density at radius 3 is 2.59 bits per heavy atom. The monoisotopic (exact) mass is 501 g/mol. The zero-order chi connectivity index (χ0) is 26.3. The number of carbonyl (C=O) groups excluding carboxylic acids is 2. The molecule has 2 amide bonds. The van der Waals surface area contributed by atoms with Crippen LogP contribution >= 0.6 is 0 Å². The number of nitrogens with one attached hydrogen (secondary N) is 1. The maximum atomic E-state index is 13.7. The molecule has 0 bridgehead atoms. The van der Waals surface area contributed by atoms with Crippen LogP contribution in [0.5, 0.6) is 0 Å². The first-order valence-corrected chi connectivity index (χ1v) is 12.5. The van der Waals surface area contributed by atoms with E-state index >= 15 is 0 Å². The number of β-amino-alcohol motifs (C(OH)–C–C–N with tert-alkyl or cyclic N) is 1. The fourth-order valence-electron chi connectivity index (χ4n) is 5.20. The summed E-state index contributed by atoms with van der Waals surface area (Å²) in [5.74, 6) is -0.241. The molecule has 4 heterocycles. The molecule has 5 rings (SSSR count). The number of aliphatic hydroxyl groups is 1. The van der Waals surface area contributed by atoms with E-state index in [1.165, 1.54) is 0 Å². The molecule has 2 aromatic heterocycles. The predicted molar refractivity (Wildman–Crippen MR) is 138 cm³/mol. The molecule has 3 aromatic rings. The number of benzene rings is 1. The topological polar surface area (TPSA) is 121 Å². The highest BCUT2D eigenvalue weighted by Gasteiger charge is 2.48. The van der Waals surface area contributed by atoms with Crippen LogP contribution in [0, 0.1) is 12.8 Å². The predicted octanol–water partition coefficient (Wildman–Crippen LogP) is 3.19. The van der Waals surface area contributed by atoms with Crippen molar-refractivity contribution in [3.8, 4) is 11.1 Å². The van der Waals surface area contributed by atoms with Crippen LogP contribution in [0.25, 0.3) is 11.1 Å². The SMILES string of the molecule is Cc1cc(C(C(=O)N2C[C@H](O)C[C@H]2C2=NC(=O)C(C)(c3ccc(-c4cccnc4)cc3)N2)C(C)C)on1. The number of aliphatic hydroxyl groups excluding tert-OH is 1. The lowest BCUT2D eigenvalue weighted by Crippen LogP contribution is -2.51. The lowest BCUT2D eigenvalue weighted by atomic mass is 9.90. The van der Waals surface area contributed by atoms with Crippen molar-refractivity contribution < 1.29 is 19.2 Å². The third kappa shape index (κ3) is 4.55. The Morgan fingerprint density at radius 1 is 1.22 bits per heavy atom. The number of likely N-dealkylation sites (tertiary alicyclic amines) is 1. The molecule has 2 N–H and O–H groups in total. The summed E-state index contributed by atoms with van der Waals surface area (Å²) in [6.07, 6.45) is 3.09. The summed E-state index contributed by atoms with van der Waals surface area (Å²) in [6, 6.07) is 12.8. The molecule has 4 atom stereocenters. The van der Waals surface area contributed by atoms with Gasteiger partial charge in [0.05, 0.1) is 17.8 Å². The van der Waals surface area contributed by atoms with E-state index < -0.39 is 23.6 Å². The molecule has 9 nitrogen and oxygen atoms in total. The fraction of sp³-hybridized carbons (Fsp3) is 0.393. The Balaban J connectivity index is 1.39. The van der Waals surface area contributed by atoms with Crippen molar-refractivity contribution in [3.05, 3.63) is 71.9 Å². The molecule has 9 heteroatoms. The molecule has 0 spiro atoms. The van der Waals surface area contributed by atoms with Gasteiger partial charge in [-0.05, 0) is 42.5 Å². The van der Waals surface area contributed by atoms with Crippen LogP contribution in [0.2, 0.25) is 0 Å². The number of aryl methyl sites for hydroxylation is 1. The Kier molecular flexibility index (Phi) is 6.41. The Labute approximate surface area is 215 Å². The van der Waals surface area contributed by atoms with Gasteiger partial charge in [-0.2, -0.15) is 4.99 Å². The van der Waals surface area contributed by atoms with E-state index in [2.05, 4.69) is 20.4 Å². The van der Waals surface area contributed by atoms with Gasteiger partial charge in [0.2, 0.25) is 5.91 Å². The summed E-state index contributed by atoms with van der Waals surface area (Å²) in [7, 11) is 0. The van der Waals surface area contributed by atoms with E-state index in [-0.39, 0.29) is 24.3 Å². The van der Waals surface area contributed by atoms with Crippen molar-refractivity contribution in [3.63, 3.8) is 0 Å². The number of hydrogen-bond donors (Lipinski definition) is 2. The number of pyridine rings is 1. The Hall–Kier alpha value is -3.85. The number of amidine groups is 1. The Morgan fingerprint density at radius 2 is 1.97 bits per heavy atom. The molecule has 2 aliphatic rings. The minimum atomic E-state index is -1.08. The van der Waals surface area contributed by atoms with Gasteiger partial charge in [0.25, 0.3) is 5.91 Å². The number of carbonyl (C=O) groups is 2. The number of aliphatic imine (C=N–C) groups is 1. The number of aromatic nitrogens is 2. The van der Waals surface area contributed by atoms with Gasteiger partial charge in [-0.1, -0.05) is 49.3 Å². The van der Waals surface area contributed by atoms with Gasteiger partial charge in [0.15, 0.2) is 0 Å². The molecule has 0 saturated carbocycles. The minimum absolute atomic E-state index is 0.0538. The minimum Gasteiger partial charge on any atom is -0.391 e. The first-order valence-electron chi connectivity index (χ1n) is 12.5. The first kappa shape index (κ1) is 24.8. The van der Waals surface area contributed by atoms with Crippen molar-refractivity contribution in [2.45, 2.75) is 57.7 Å². The van der Waals surface area contributed by atoms with Crippen molar-refractivity contribution in [2.24, 2.45) is 10.9 Å². The molecule has 1 saturated heterocycles. The molecule has 0 radical (unpaired) electrons. The van der Waals surface area contributed by atoms with Crippen molar-refractivity contribution in [1.82, 2.24) is 20.4 Å². The summed E-state index contributed by atoms with van der Waals surface area (Å²) in [5, 5.41) is 17.8. The first-order chi connectivity index (χ1) is 17.7. The van der Waals surface area contributed by atoms with Gasteiger partial charge in [0.1, 0.15) is 23.1 Å². The molecular formula is C28H31N5O4. The van der Waals surface area contributed by atoms with E-state index in [9.17, 15) is 14.7 Å². The molecule has 1 fully saturated rings. The number of hydrogen-bond acceptors (Lipinski definition) is 7. The molecule has 2 unspecified atom stereocenters. The quantitative estimate of drug-likeness (QED) is 0.532. The summed E-state index contributed by atoms with van der Waals surface area (Å²) in [6.45, 7) is 7.65. The summed E-state index contributed by atoms with van der Waals surface area (Å²) in [5.41, 5.74) is 2.36. The van der Waals surface area contributed by atoms with Gasteiger partial charge in [-0.15, -0.1) is 0 Å². The average molecular weight is 502 g/mol. The average Bonchev–Trinajstić information content (AvgIpc) is 3.57. The lowest BCUT2D eigenvalue weighted by Gasteiger charge is -2.31.